The lowest BCUT2D eigenvalue weighted by Crippen LogP contribution is -2.49. The van der Waals surface area contributed by atoms with E-state index in [1.165, 1.54) is 56.2 Å². The van der Waals surface area contributed by atoms with Crippen LogP contribution in [0, 0.1) is 23.2 Å². The molecule has 3 N–H and O–H groups in total. The number of anilines is 1. The Bertz CT molecular complexity index is 1440. The molecule has 1 aromatic heterocycles. The number of H-pyrrole nitrogens is 1. The Hall–Kier alpha value is -3.10. The third kappa shape index (κ3) is 4.05. The van der Waals surface area contributed by atoms with E-state index in [4.69, 9.17) is 5.73 Å². The minimum Gasteiger partial charge on any atom is -0.357 e. The maximum absolute atomic E-state index is 14.0. The van der Waals surface area contributed by atoms with Gasteiger partial charge in [-0.2, -0.15) is 5.26 Å². The van der Waals surface area contributed by atoms with E-state index in [9.17, 15) is 10.1 Å². The lowest BCUT2D eigenvalue weighted by molar-refractivity contribution is 0.103. The van der Waals surface area contributed by atoms with Gasteiger partial charge in [0.2, 0.25) is 0 Å². The van der Waals surface area contributed by atoms with Gasteiger partial charge in [-0.3, -0.25) is 4.79 Å². The predicted molar refractivity (Wildman–Crippen MR) is 154 cm³/mol. The highest BCUT2D eigenvalue weighted by atomic mass is 16.1. The first-order valence-corrected chi connectivity index (χ1v) is 14.6. The van der Waals surface area contributed by atoms with E-state index in [0.717, 1.165) is 64.5 Å². The van der Waals surface area contributed by atoms with Gasteiger partial charge in [-0.25, -0.2) is 0 Å². The summed E-state index contributed by atoms with van der Waals surface area (Å²) in [4.78, 5) is 19.9. The highest BCUT2D eigenvalue weighted by Crippen LogP contribution is 2.46. The summed E-state index contributed by atoms with van der Waals surface area (Å²) < 4.78 is 0. The number of nitriles is 1. The molecule has 3 aliphatic rings. The van der Waals surface area contributed by atoms with Gasteiger partial charge in [0.15, 0.2) is 5.78 Å². The van der Waals surface area contributed by atoms with E-state index in [2.05, 4.69) is 48.9 Å². The normalized spacial score (nSPS) is 23.2. The molecule has 3 aromatic rings. The van der Waals surface area contributed by atoms with E-state index in [1.807, 2.05) is 12.1 Å². The molecule has 1 aliphatic heterocycles. The minimum atomic E-state index is -0.380. The number of rotatable bonds is 4. The van der Waals surface area contributed by atoms with E-state index in [0.29, 0.717) is 5.56 Å². The molecule has 0 bridgehead atoms. The van der Waals surface area contributed by atoms with Crippen LogP contribution in [0.25, 0.3) is 10.9 Å². The van der Waals surface area contributed by atoms with Crippen molar-refractivity contribution in [1.29, 1.82) is 5.26 Å². The van der Waals surface area contributed by atoms with E-state index in [-0.39, 0.29) is 17.4 Å². The van der Waals surface area contributed by atoms with Gasteiger partial charge in [0.05, 0.1) is 23.4 Å². The number of piperidine rings is 1. The number of fused-ring (bicyclic) bond motifs is 4. The number of ketones is 1. The van der Waals surface area contributed by atoms with Crippen LogP contribution >= 0.6 is 0 Å². The van der Waals surface area contributed by atoms with Crippen molar-refractivity contribution >= 4 is 22.4 Å². The van der Waals surface area contributed by atoms with Crippen LogP contribution in [-0.4, -0.2) is 23.5 Å². The number of aromatic amines is 1. The molecule has 0 amide bonds. The molecule has 198 valence electrons. The summed E-state index contributed by atoms with van der Waals surface area (Å²) in [5.74, 6) is 1.68. The van der Waals surface area contributed by atoms with Crippen molar-refractivity contribution in [2.45, 2.75) is 90.1 Å². The number of hydrogen-bond donors (Lipinski definition) is 2. The highest BCUT2D eigenvalue weighted by molar-refractivity contribution is 6.20. The molecule has 2 aromatic carbocycles. The predicted octanol–water partition coefficient (Wildman–Crippen LogP) is 6.94. The van der Waals surface area contributed by atoms with Crippen molar-refractivity contribution in [2.75, 3.05) is 11.4 Å². The summed E-state index contributed by atoms with van der Waals surface area (Å²) in [7, 11) is 0. The second-order valence-electron chi connectivity index (χ2n) is 12.5. The van der Waals surface area contributed by atoms with Crippen LogP contribution < -0.4 is 10.6 Å². The summed E-state index contributed by atoms with van der Waals surface area (Å²) in [5, 5.41) is 10.3. The van der Waals surface area contributed by atoms with Gasteiger partial charge in [0, 0.05) is 39.8 Å². The fourth-order valence-corrected chi connectivity index (χ4v) is 7.61. The van der Waals surface area contributed by atoms with Crippen molar-refractivity contribution in [3.8, 4) is 6.07 Å². The molecule has 5 nitrogen and oxygen atoms in total. The van der Waals surface area contributed by atoms with Crippen molar-refractivity contribution in [3.05, 3.63) is 63.8 Å². The number of carbonyl (C=O) groups excluding carboxylic acids is 1. The Kier molecular flexibility index (Phi) is 6.35. The van der Waals surface area contributed by atoms with Gasteiger partial charge in [0.25, 0.3) is 0 Å². The van der Waals surface area contributed by atoms with Crippen molar-refractivity contribution in [2.24, 2.45) is 17.6 Å². The molecule has 2 atom stereocenters. The number of nitrogens with two attached hydrogens (primary N) is 1. The first-order chi connectivity index (χ1) is 18.3. The molecule has 0 radical (unpaired) electrons. The van der Waals surface area contributed by atoms with Crippen molar-refractivity contribution in [3.63, 3.8) is 0 Å². The monoisotopic (exact) mass is 508 g/mol. The fraction of sp³-hybridized carbons (Fsp3) is 0.515. The van der Waals surface area contributed by atoms with Gasteiger partial charge in [-0.15, -0.1) is 0 Å². The van der Waals surface area contributed by atoms with Crippen molar-refractivity contribution < 1.29 is 4.79 Å². The Morgan fingerprint density at radius 2 is 1.89 bits per heavy atom. The molecule has 2 fully saturated rings. The average molecular weight is 509 g/mol. The minimum absolute atomic E-state index is 0.0103. The second-order valence-corrected chi connectivity index (χ2v) is 12.5. The fourth-order valence-electron chi connectivity index (χ4n) is 7.61. The first-order valence-electron chi connectivity index (χ1n) is 14.6. The summed E-state index contributed by atoms with van der Waals surface area (Å²) in [6, 6.07) is 12.2. The third-order valence-corrected chi connectivity index (χ3v) is 9.75. The van der Waals surface area contributed by atoms with E-state index in [1.54, 1.807) is 6.07 Å². The average Bonchev–Trinajstić information content (AvgIpc) is 3.32. The lowest BCUT2D eigenvalue weighted by atomic mass is 9.70. The van der Waals surface area contributed by atoms with Crippen LogP contribution in [0.3, 0.4) is 0 Å². The van der Waals surface area contributed by atoms with Crippen molar-refractivity contribution in [1.82, 2.24) is 4.98 Å². The number of nitrogens with zero attached hydrogens (tertiary/aromatic N) is 2. The van der Waals surface area contributed by atoms with Crippen LogP contribution in [0.1, 0.15) is 110 Å². The topological polar surface area (TPSA) is 85.9 Å². The van der Waals surface area contributed by atoms with Gasteiger partial charge >= 0.3 is 0 Å². The quantitative estimate of drug-likeness (QED) is 0.399. The SMILES string of the molecule is CCc1cc2c(cc1N1CCC(CC3CCCCC3)CC1N)C(C)(C)c1[nH]c3cc(C#N)ccc3c1C2=O. The summed E-state index contributed by atoms with van der Waals surface area (Å²) in [5.41, 5.74) is 13.9. The van der Waals surface area contributed by atoms with E-state index >= 15 is 0 Å². The molecule has 1 saturated carbocycles. The summed E-state index contributed by atoms with van der Waals surface area (Å²) in [6.45, 7) is 7.55. The van der Waals surface area contributed by atoms with Gasteiger partial charge in [-0.1, -0.05) is 58.9 Å². The van der Waals surface area contributed by atoms with Crippen LogP contribution in [0.5, 0.6) is 0 Å². The van der Waals surface area contributed by atoms with Crippen LogP contribution in [0.4, 0.5) is 5.69 Å². The Morgan fingerprint density at radius 3 is 2.61 bits per heavy atom. The summed E-state index contributed by atoms with van der Waals surface area (Å²) in [6.07, 6.45) is 11.5. The van der Waals surface area contributed by atoms with Gasteiger partial charge in [0.1, 0.15) is 0 Å². The molecule has 1 saturated heterocycles. The molecule has 0 spiro atoms. The van der Waals surface area contributed by atoms with Gasteiger partial charge < -0.3 is 15.6 Å². The molecule has 38 heavy (non-hydrogen) atoms. The Morgan fingerprint density at radius 1 is 1.11 bits per heavy atom. The van der Waals surface area contributed by atoms with Crippen LogP contribution in [0.2, 0.25) is 0 Å². The van der Waals surface area contributed by atoms with Crippen LogP contribution in [-0.2, 0) is 11.8 Å². The summed E-state index contributed by atoms with van der Waals surface area (Å²) >= 11 is 0. The second kappa shape index (κ2) is 9.58. The number of nitrogens with one attached hydrogen (secondary N) is 1. The zero-order chi connectivity index (χ0) is 26.6. The van der Waals surface area contributed by atoms with E-state index < -0.39 is 0 Å². The Labute approximate surface area is 226 Å². The smallest absolute Gasteiger partial charge is 0.195 e. The highest BCUT2D eigenvalue weighted by Gasteiger charge is 2.41. The maximum Gasteiger partial charge on any atom is 0.195 e. The number of aryl methyl sites for hydroxylation is 1. The number of hydrogen-bond acceptors (Lipinski definition) is 4. The zero-order valence-corrected chi connectivity index (χ0v) is 23.1. The molecule has 6 rings (SSSR count). The maximum atomic E-state index is 14.0. The molecule has 5 heteroatoms. The lowest BCUT2D eigenvalue weighted by Gasteiger charge is -2.42. The Balaban J connectivity index is 1.34. The molecular weight excluding hydrogens is 468 g/mol. The van der Waals surface area contributed by atoms with Gasteiger partial charge in [-0.05, 0) is 72.9 Å². The first kappa shape index (κ1) is 25.2. The molecule has 2 aliphatic carbocycles. The zero-order valence-electron chi connectivity index (χ0n) is 23.1. The number of carbonyl (C=O) groups is 1. The molecule has 2 unspecified atom stereocenters. The number of benzene rings is 2. The number of aromatic nitrogens is 1. The van der Waals surface area contributed by atoms with Crippen LogP contribution in [0.15, 0.2) is 30.3 Å². The molecular formula is C33H40N4O. The third-order valence-electron chi connectivity index (χ3n) is 9.75. The standard InChI is InChI=1S/C33H40N4O/c1-4-23-17-25-26(18-28(23)37-13-12-21(16-29(37)35)14-20-8-6-5-7-9-20)33(2,3)32-30(31(25)38)24-11-10-22(19-34)15-27(24)36-32/h10-11,15,17-18,20-21,29,36H,4-9,12-14,16,35H2,1-3H3. The molecule has 2 heterocycles. The largest absolute Gasteiger partial charge is 0.357 e.